The average molecular weight is 225 g/mol. The van der Waals surface area contributed by atoms with Crippen molar-refractivity contribution in [3.05, 3.63) is 29.2 Å². The second kappa shape index (κ2) is 4.16. The SMILES string of the molecule is CN(C)CCc1nnc2c(Cl)cccn12. The van der Waals surface area contributed by atoms with E-state index in [9.17, 15) is 0 Å². The van der Waals surface area contributed by atoms with Gasteiger partial charge in [0.25, 0.3) is 0 Å². The highest BCUT2D eigenvalue weighted by atomic mass is 35.5. The fourth-order valence-corrected chi connectivity index (χ4v) is 1.63. The molecule has 0 amide bonds. The number of likely N-dealkylation sites (N-methyl/N-ethyl adjacent to an activating group) is 1. The molecular weight excluding hydrogens is 212 g/mol. The van der Waals surface area contributed by atoms with Crippen LogP contribution in [0.4, 0.5) is 0 Å². The van der Waals surface area contributed by atoms with Crippen molar-refractivity contribution in [2.45, 2.75) is 6.42 Å². The summed E-state index contributed by atoms with van der Waals surface area (Å²) >= 11 is 6.00. The fourth-order valence-electron chi connectivity index (χ4n) is 1.43. The summed E-state index contributed by atoms with van der Waals surface area (Å²) in [5.74, 6) is 0.946. The van der Waals surface area contributed by atoms with Crippen molar-refractivity contribution in [3.63, 3.8) is 0 Å². The van der Waals surface area contributed by atoms with Gasteiger partial charge in [0.05, 0.1) is 5.02 Å². The molecule has 0 fully saturated rings. The minimum Gasteiger partial charge on any atom is -0.309 e. The van der Waals surface area contributed by atoms with Gasteiger partial charge in [0.1, 0.15) is 5.82 Å². The van der Waals surface area contributed by atoms with Crippen LogP contribution in [0.2, 0.25) is 5.02 Å². The lowest BCUT2D eigenvalue weighted by molar-refractivity contribution is 0.409. The molecule has 0 N–H and O–H groups in total. The number of hydrogen-bond acceptors (Lipinski definition) is 3. The Hall–Kier alpha value is -1.13. The summed E-state index contributed by atoms with van der Waals surface area (Å²) in [6, 6.07) is 3.72. The van der Waals surface area contributed by atoms with Crippen LogP contribution >= 0.6 is 11.6 Å². The maximum absolute atomic E-state index is 6.00. The summed E-state index contributed by atoms with van der Waals surface area (Å²) in [6.07, 6.45) is 2.81. The zero-order valence-electron chi connectivity index (χ0n) is 8.81. The molecule has 0 spiro atoms. The van der Waals surface area contributed by atoms with E-state index in [0.29, 0.717) is 5.02 Å². The van der Waals surface area contributed by atoms with Crippen molar-refractivity contribution in [1.82, 2.24) is 19.5 Å². The number of nitrogens with zero attached hydrogens (tertiary/aromatic N) is 4. The Labute approximate surface area is 93.5 Å². The Morgan fingerprint density at radius 1 is 1.40 bits per heavy atom. The van der Waals surface area contributed by atoms with Crippen LogP contribution in [0.1, 0.15) is 5.82 Å². The molecule has 80 valence electrons. The Morgan fingerprint density at radius 2 is 2.20 bits per heavy atom. The number of pyridine rings is 1. The standard InChI is InChI=1S/C10H13ClN4/c1-14(2)7-5-9-12-13-10-8(11)4-3-6-15(9)10/h3-4,6H,5,7H2,1-2H3. The largest absolute Gasteiger partial charge is 0.309 e. The molecule has 2 aromatic rings. The van der Waals surface area contributed by atoms with Crippen molar-refractivity contribution >= 4 is 17.2 Å². The maximum Gasteiger partial charge on any atom is 0.179 e. The van der Waals surface area contributed by atoms with Crippen LogP contribution in [0, 0.1) is 0 Å². The van der Waals surface area contributed by atoms with Gasteiger partial charge in [-0.2, -0.15) is 0 Å². The molecular formula is C10H13ClN4. The molecule has 0 aliphatic rings. The first-order valence-electron chi connectivity index (χ1n) is 4.81. The Bertz CT molecular complexity index is 463. The lowest BCUT2D eigenvalue weighted by Gasteiger charge is -2.07. The monoisotopic (exact) mass is 224 g/mol. The van der Waals surface area contributed by atoms with Crippen LogP contribution in [-0.2, 0) is 6.42 Å². The number of aromatic nitrogens is 3. The number of rotatable bonds is 3. The molecule has 2 heterocycles. The Balaban J connectivity index is 2.33. The van der Waals surface area contributed by atoms with Crippen LogP contribution < -0.4 is 0 Å². The third kappa shape index (κ3) is 2.11. The highest BCUT2D eigenvalue weighted by Crippen LogP contribution is 2.15. The zero-order valence-corrected chi connectivity index (χ0v) is 9.57. The summed E-state index contributed by atoms with van der Waals surface area (Å²) in [5, 5.41) is 8.83. The van der Waals surface area contributed by atoms with E-state index < -0.39 is 0 Å². The minimum atomic E-state index is 0.640. The highest BCUT2D eigenvalue weighted by molar-refractivity contribution is 6.33. The second-order valence-electron chi connectivity index (χ2n) is 3.72. The predicted octanol–water partition coefficient (Wildman–Crippen LogP) is 1.49. The molecule has 0 atom stereocenters. The van der Waals surface area contributed by atoms with Crippen molar-refractivity contribution < 1.29 is 0 Å². The molecule has 0 bridgehead atoms. The van der Waals surface area contributed by atoms with E-state index in [1.54, 1.807) is 0 Å². The lowest BCUT2D eigenvalue weighted by atomic mass is 10.4. The second-order valence-corrected chi connectivity index (χ2v) is 4.13. The lowest BCUT2D eigenvalue weighted by Crippen LogP contribution is -2.16. The third-order valence-corrected chi connectivity index (χ3v) is 2.54. The number of halogens is 1. The van der Waals surface area contributed by atoms with Crippen molar-refractivity contribution in [3.8, 4) is 0 Å². The predicted molar refractivity (Wildman–Crippen MR) is 60.3 cm³/mol. The van der Waals surface area contributed by atoms with Gasteiger partial charge in [-0.15, -0.1) is 10.2 Å². The van der Waals surface area contributed by atoms with E-state index in [2.05, 4.69) is 15.1 Å². The average Bonchev–Trinajstić information content (AvgIpc) is 2.59. The summed E-state index contributed by atoms with van der Waals surface area (Å²) in [4.78, 5) is 2.12. The molecule has 2 rings (SSSR count). The van der Waals surface area contributed by atoms with Crippen LogP contribution in [0.5, 0.6) is 0 Å². The summed E-state index contributed by atoms with van der Waals surface area (Å²) in [7, 11) is 4.08. The van der Waals surface area contributed by atoms with Crippen LogP contribution in [-0.4, -0.2) is 40.1 Å². The molecule has 0 aromatic carbocycles. The van der Waals surface area contributed by atoms with Gasteiger partial charge in [-0.25, -0.2) is 0 Å². The fraction of sp³-hybridized carbons (Fsp3) is 0.400. The van der Waals surface area contributed by atoms with Gasteiger partial charge in [0.15, 0.2) is 5.65 Å². The molecule has 0 aliphatic heterocycles. The van der Waals surface area contributed by atoms with Crippen LogP contribution in [0.3, 0.4) is 0 Å². The Morgan fingerprint density at radius 3 is 2.93 bits per heavy atom. The number of fused-ring (bicyclic) bond motifs is 1. The number of hydrogen-bond donors (Lipinski definition) is 0. The van der Waals surface area contributed by atoms with Gasteiger partial charge in [-0.1, -0.05) is 11.6 Å². The van der Waals surface area contributed by atoms with Gasteiger partial charge < -0.3 is 4.90 Å². The molecule has 0 unspecified atom stereocenters. The van der Waals surface area contributed by atoms with Gasteiger partial charge in [0, 0.05) is 19.2 Å². The Kier molecular flexibility index (Phi) is 2.88. The third-order valence-electron chi connectivity index (χ3n) is 2.24. The van der Waals surface area contributed by atoms with E-state index in [-0.39, 0.29) is 0 Å². The molecule has 0 saturated heterocycles. The highest BCUT2D eigenvalue weighted by Gasteiger charge is 2.07. The van der Waals surface area contributed by atoms with Crippen molar-refractivity contribution in [2.24, 2.45) is 0 Å². The molecule has 0 radical (unpaired) electrons. The first-order chi connectivity index (χ1) is 7.18. The molecule has 0 aliphatic carbocycles. The van der Waals surface area contributed by atoms with Crippen molar-refractivity contribution in [2.75, 3.05) is 20.6 Å². The van der Waals surface area contributed by atoms with Crippen LogP contribution in [0.15, 0.2) is 18.3 Å². The first-order valence-corrected chi connectivity index (χ1v) is 5.19. The van der Waals surface area contributed by atoms with Gasteiger partial charge >= 0.3 is 0 Å². The van der Waals surface area contributed by atoms with Crippen molar-refractivity contribution in [1.29, 1.82) is 0 Å². The molecule has 5 heteroatoms. The molecule has 15 heavy (non-hydrogen) atoms. The van der Waals surface area contributed by atoms with E-state index >= 15 is 0 Å². The van der Waals surface area contributed by atoms with E-state index in [1.807, 2.05) is 36.8 Å². The summed E-state index contributed by atoms with van der Waals surface area (Å²) in [5.41, 5.74) is 0.730. The smallest absolute Gasteiger partial charge is 0.179 e. The van der Waals surface area contributed by atoms with Gasteiger partial charge in [-0.05, 0) is 26.2 Å². The molecule has 2 aromatic heterocycles. The zero-order chi connectivity index (χ0) is 10.8. The van der Waals surface area contributed by atoms with E-state index in [4.69, 9.17) is 11.6 Å². The van der Waals surface area contributed by atoms with E-state index in [0.717, 1.165) is 24.4 Å². The van der Waals surface area contributed by atoms with Gasteiger partial charge in [-0.3, -0.25) is 4.40 Å². The molecule has 0 saturated carbocycles. The normalized spacial score (nSPS) is 11.5. The maximum atomic E-state index is 6.00. The van der Waals surface area contributed by atoms with Crippen LogP contribution in [0.25, 0.3) is 5.65 Å². The summed E-state index contributed by atoms with van der Waals surface area (Å²) in [6.45, 7) is 0.952. The minimum absolute atomic E-state index is 0.640. The first kappa shape index (κ1) is 10.4. The topological polar surface area (TPSA) is 33.4 Å². The van der Waals surface area contributed by atoms with Gasteiger partial charge in [0.2, 0.25) is 0 Å². The van der Waals surface area contributed by atoms with E-state index in [1.165, 1.54) is 0 Å². The molecule has 4 nitrogen and oxygen atoms in total. The quantitative estimate of drug-likeness (QED) is 0.792. The summed E-state index contributed by atoms with van der Waals surface area (Å²) < 4.78 is 1.94.